The molecular weight excluding hydrogens is 166 g/mol. The normalized spacial score (nSPS) is 10.9. The summed E-state index contributed by atoms with van der Waals surface area (Å²) < 4.78 is 1.74. The van der Waals surface area contributed by atoms with Gasteiger partial charge in [0.15, 0.2) is 0 Å². The van der Waals surface area contributed by atoms with E-state index in [1.807, 2.05) is 26.2 Å². The van der Waals surface area contributed by atoms with Crippen LogP contribution in [0.3, 0.4) is 0 Å². The molecule has 0 unspecified atom stereocenters. The monoisotopic (exact) mass is 179 g/mol. The molecule has 1 rings (SSSR count). The van der Waals surface area contributed by atoms with Gasteiger partial charge in [-0.3, -0.25) is 9.48 Å². The van der Waals surface area contributed by atoms with Crippen molar-refractivity contribution in [2.45, 2.75) is 13.3 Å². The second-order valence-corrected chi connectivity index (χ2v) is 2.92. The predicted molar refractivity (Wildman–Crippen MR) is 50.8 cm³/mol. The molecule has 4 nitrogen and oxygen atoms in total. The summed E-state index contributed by atoms with van der Waals surface area (Å²) in [5, 5.41) is 4.16. The van der Waals surface area contributed by atoms with Crippen LogP contribution in [0.2, 0.25) is 0 Å². The highest BCUT2D eigenvalue weighted by Gasteiger charge is 1.97. The van der Waals surface area contributed by atoms with Crippen molar-refractivity contribution in [2.75, 3.05) is 0 Å². The molecule has 0 aliphatic heterocycles. The van der Waals surface area contributed by atoms with Crippen molar-refractivity contribution in [1.82, 2.24) is 9.78 Å². The Morgan fingerprint density at radius 3 is 2.92 bits per heavy atom. The number of amides is 1. The van der Waals surface area contributed by atoms with E-state index in [4.69, 9.17) is 5.73 Å². The first-order valence-corrected chi connectivity index (χ1v) is 4.04. The van der Waals surface area contributed by atoms with E-state index in [0.29, 0.717) is 0 Å². The first-order valence-electron chi connectivity index (χ1n) is 4.04. The number of rotatable bonds is 3. The average molecular weight is 179 g/mol. The van der Waals surface area contributed by atoms with Gasteiger partial charge < -0.3 is 5.73 Å². The highest BCUT2D eigenvalue weighted by atomic mass is 16.1. The largest absolute Gasteiger partial charge is 0.369 e. The first kappa shape index (κ1) is 9.51. The number of aryl methyl sites for hydroxylation is 2. The SMILES string of the molecule is Cc1nn(C)cc1C=CCC(N)=O. The lowest BCUT2D eigenvalue weighted by Gasteiger charge is -1.86. The fraction of sp³-hybridized carbons (Fsp3) is 0.333. The third-order valence-electron chi connectivity index (χ3n) is 1.67. The molecular formula is C9H13N3O. The smallest absolute Gasteiger partial charge is 0.221 e. The highest BCUT2D eigenvalue weighted by molar-refractivity contribution is 5.76. The fourth-order valence-corrected chi connectivity index (χ4v) is 1.08. The van der Waals surface area contributed by atoms with Crippen molar-refractivity contribution in [2.24, 2.45) is 12.8 Å². The Bertz CT molecular complexity index is 339. The van der Waals surface area contributed by atoms with Gasteiger partial charge in [0, 0.05) is 25.2 Å². The van der Waals surface area contributed by atoms with Gasteiger partial charge in [0.2, 0.25) is 5.91 Å². The van der Waals surface area contributed by atoms with Gasteiger partial charge in [-0.2, -0.15) is 5.10 Å². The molecule has 70 valence electrons. The summed E-state index contributed by atoms with van der Waals surface area (Å²) >= 11 is 0. The Kier molecular flexibility index (Phi) is 2.84. The van der Waals surface area contributed by atoms with Crippen LogP contribution in [0.25, 0.3) is 6.08 Å². The molecule has 0 atom stereocenters. The van der Waals surface area contributed by atoms with Crippen molar-refractivity contribution >= 4 is 12.0 Å². The zero-order valence-corrected chi connectivity index (χ0v) is 7.82. The molecule has 13 heavy (non-hydrogen) atoms. The number of nitrogens with zero attached hydrogens (tertiary/aromatic N) is 2. The van der Waals surface area contributed by atoms with Crippen LogP contribution in [0.1, 0.15) is 17.7 Å². The molecule has 2 N–H and O–H groups in total. The van der Waals surface area contributed by atoms with Gasteiger partial charge in [0.1, 0.15) is 0 Å². The van der Waals surface area contributed by atoms with E-state index < -0.39 is 0 Å². The van der Waals surface area contributed by atoms with Crippen LogP contribution >= 0.6 is 0 Å². The Hall–Kier alpha value is -1.58. The van der Waals surface area contributed by atoms with E-state index >= 15 is 0 Å². The van der Waals surface area contributed by atoms with E-state index in [-0.39, 0.29) is 12.3 Å². The zero-order valence-electron chi connectivity index (χ0n) is 7.82. The molecule has 0 saturated heterocycles. The summed E-state index contributed by atoms with van der Waals surface area (Å²) in [6.45, 7) is 1.92. The van der Waals surface area contributed by atoms with Crippen molar-refractivity contribution in [3.63, 3.8) is 0 Å². The van der Waals surface area contributed by atoms with Gasteiger partial charge in [0.25, 0.3) is 0 Å². The molecule has 1 aromatic heterocycles. The molecule has 0 aliphatic rings. The minimum absolute atomic E-state index is 0.272. The predicted octanol–water partition coefficient (Wildman–Crippen LogP) is 0.617. The fourth-order valence-electron chi connectivity index (χ4n) is 1.08. The molecule has 0 bridgehead atoms. The number of aromatic nitrogens is 2. The zero-order chi connectivity index (χ0) is 9.84. The molecule has 1 aromatic rings. The van der Waals surface area contributed by atoms with Crippen molar-refractivity contribution in [3.05, 3.63) is 23.5 Å². The highest BCUT2D eigenvalue weighted by Crippen LogP contribution is 2.06. The summed E-state index contributed by atoms with van der Waals surface area (Å²) in [7, 11) is 1.86. The van der Waals surface area contributed by atoms with Gasteiger partial charge in [-0.1, -0.05) is 12.2 Å². The van der Waals surface area contributed by atoms with Gasteiger partial charge in [-0.15, -0.1) is 0 Å². The Labute approximate surface area is 77.0 Å². The van der Waals surface area contributed by atoms with E-state index in [1.54, 1.807) is 10.8 Å². The minimum atomic E-state index is -0.321. The second kappa shape index (κ2) is 3.89. The topological polar surface area (TPSA) is 60.9 Å². The van der Waals surface area contributed by atoms with Crippen LogP contribution in [-0.4, -0.2) is 15.7 Å². The molecule has 0 saturated carbocycles. The number of carbonyl (C=O) groups is 1. The van der Waals surface area contributed by atoms with E-state index in [1.165, 1.54) is 0 Å². The van der Waals surface area contributed by atoms with Crippen LogP contribution < -0.4 is 5.73 Å². The number of primary amides is 1. The van der Waals surface area contributed by atoms with Crippen molar-refractivity contribution in [1.29, 1.82) is 0 Å². The molecule has 0 aromatic carbocycles. The van der Waals surface area contributed by atoms with Gasteiger partial charge in [-0.05, 0) is 6.92 Å². The summed E-state index contributed by atoms with van der Waals surface area (Å²) in [6, 6.07) is 0. The number of hydrogen-bond donors (Lipinski definition) is 1. The van der Waals surface area contributed by atoms with Crippen LogP contribution in [0, 0.1) is 6.92 Å². The number of hydrogen-bond acceptors (Lipinski definition) is 2. The van der Waals surface area contributed by atoms with Crippen LogP contribution in [0.4, 0.5) is 0 Å². The lowest BCUT2D eigenvalue weighted by atomic mass is 10.2. The maximum Gasteiger partial charge on any atom is 0.221 e. The molecule has 1 amide bonds. The standard InChI is InChI=1S/C9H13N3O/c1-7-8(6-12(2)11-7)4-3-5-9(10)13/h3-4,6H,5H2,1-2H3,(H2,10,13). The van der Waals surface area contributed by atoms with E-state index in [0.717, 1.165) is 11.3 Å². The lowest BCUT2D eigenvalue weighted by Crippen LogP contribution is -2.07. The van der Waals surface area contributed by atoms with Gasteiger partial charge >= 0.3 is 0 Å². The lowest BCUT2D eigenvalue weighted by molar-refractivity contribution is -0.117. The molecule has 0 fully saturated rings. The first-order chi connectivity index (χ1) is 6.09. The van der Waals surface area contributed by atoms with Gasteiger partial charge in [-0.25, -0.2) is 0 Å². The molecule has 0 spiro atoms. The third kappa shape index (κ3) is 2.74. The molecule has 4 heteroatoms. The Balaban J connectivity index is 2.68. The summed E-state index contributed by atoms with van der Waals surface area (Å²) in [6.07, 6.45) is 5.76. The Morgan fingerprint density at radius 1 is 1.77 bits per heavy atom. The van der Waals surface area contributed by atoms with Crippen LogP contribution in [0.15, 0.2) is 12.3 Å². The van der Waals surface area contributed by atoms with Gasteiger partial charge in [0.05, 0.1) is 5.69 Å². The molecule has 1 heterocycles. The van der Waals surface area contributed by atoms with Crippen LogP contribution in [-0.2, 0) is 11.8 Å². The second-order valence-electron chi connectivity index (χ2n) is 2.92. The van der Waals surface area contributed by atoms with Crippen molar-refractivity contribution in [3.8, 4) is 0 Å². The Morgan fingerprint density at radius 2 is 2.46 bits per heavy atom. The van der Waals surface area contributed by atoms with Crippen molar-refractivity contribution < 1.29 is 4.79 Å². The molecule has 0 radical (unpaired) electrons. The molecule has 0 aliphatic carbocycles. The van der Waals surface area contributed by atoms with E-state index in [2.05, 4.69) is 5.10 Å². The van der Waals surface area contributed by atoms with Crippen LogP contribution in [0.5, 0.6) is 0 Å². The number of carbonyl (C=O) groups excluding carboxylic acids is 1. The average Bonchev–Trinajstić information content (AvgIpc) is 2.29. The summed E-state index contributed by atoms with van der Waals surface area (Å²) in [4.78, 5) is 10.4. The van der Waals surface area contributed by atoms with E-state index in [9.17, 15) is 4.79 Å². The summed E-state index contributed by atoms with van der Waals surface area (Å²) in [5.41, 5.74) is 6.95. The quantitative estimate of drug-likeness (QED) is 0.739. The third-order valence-corrected chi connectivity index (χ3v) is 1.67. The maximum atomic E-state index is 10.4. The summed E-state index contributed by atoms with van der Waals surface area (Å²) in [5.74, 6) is -0.321. The maximum absolute atomic E-state index is 10.4. The number of nitrogens with two attached hydrogens (primary N) is 1. The minimum Gasteiger partial charge on any atom is -0.369 e.